The lowest BCUT2D eigenvalue weighted by Crippen LogP contribution is -2.19. The number of carbonyl (C=O) groups excluding carboxylic acids is 1. The monoisotopic (exact) mass is 361 g/mol. The average molecular weight is 361 g/mol. The van der Waals surface area contributed by atoms with Crippen LogP contribution in [0.2, 0.25) is 0 Å². The molecular formula is C18H21N2O4S-. The van der Waals surface area contributed by atoms with Crippen molar-refractivity contribution in [2.24, 2.45) is 5.92 Å². The highest BCUT2D eigenvalue weighted by molar-refractivity contribution is 7.94. The molecule has 134 valence electrons. The largest absolute Gasteiger partial charge is 0.514 e. The van der Waals surface area contributed by atoms with Crippen LogP contribution in [0.1, 0.15) is 20.3 Å². The van der Waals surface area contributed by atoms with Gasteiger partial charge in [0.2, 0.25) is 5.91 Å². The van der Waals surface area contributed by atoms with Gasteiger partial charge in [0, 0.05) is 23.2 Å². The quantitative estimate of drug-likeness (QED) is 0.775. The summed E-state index contributed by atoms with van der Waals surface area (Å²) >= 11 is 0. The van der Waals surface area contributed by atoms with Gasteiger partial charge in [-0.15, -0.1) is 0 Å². The second kappa shape index (κ2) is 8.64. The number of ether oxygens (including phenoxy) is 1. The Hall–Kier alpha value is -2.38. The van der Waals surface area contributed by atoms with Crippen LogP contribution < -0.4 is 10.1 Å². The molecule has 0 spiro atoms. The van der Waals surface area contributed by atoms with Crippen molar-refractivity contribution in [3.05, 3.63) is 59.3 Å². The van der Waals surface area contributed by atoms with Crippen molar-refractivity contribution in [2.75, 3.05) is 12.0 Å². The number of benzene rings is 2. The minimum Gasteiger partial charge on any atom is -0.514 e. The van der Waals surface area contributed by atoms with Crippen LogP contribution in [0.25, 0.3) is 4.72 Å². The Balaban J connectivity index is 1.94. The molecule has 0 saturated carbocycles. The van der Waals surface area contributed by atoms with Crippen molar-refractivity contribution >= 4 is 21.6 Å². The number of anilines is 1. The molecule has 2 rings (SSSR count). The lowest BCUT2D eigenvalue weighted by atomic mass is 10.1. The fourth-order valence-corrected chi connectivity index (χ4v) is 2.74. The van der Waals surface area contributed by atoms with Crippen molar-refractivity contribution in [3.8, 4) is 5.75 Å². The smallest absolute Gasteiger partial charge is 0.227 e. The third-order valence-electron chi connectivity index (χ3n) is 3.68. The van der Waals surface area contributed by atoms with E-state index in [4.69, 9.17) is 4.74 Å². The van der Waals surface area contributed by atoms with E-state index in [1.165, 1.54) is 12.1 Å². The van der Waals surface area contributed by atoms with E-state index in [-0.39, 0.29) is 23.5 Å². The molecule has 1 unspecified atom stereocenters. The fourth-order valence-electron chi connectivity index (χ4n) is 1.92. The average Bonchev–Trinajstić information content (AvgIpc) is 2.62. The molecule has 1 N–H and O–H groups in total. The van der Waals surface area contributed by atoms with E-state index >= 15 is 0 Å². The van der Waals surface area contributed by atoms with Crippen LogP contribution in [0.5, 0.6) is 5.75 Å². The number of hydrogen-bond donors (Lipinski definition) is 1. The number of nitrogens with zero attached hydrogens (tertiary/aromatic N) is 1. The van der Waals surface area contributed by atoms with E-state index in [9.17, 15) is 13.2 Å². The summed E-state index contributed by atoms with van der Waals surface area (Å²) in [6.45, 7) is 3.47. The zero-order chi connectivity index (χ0) is 18.3. The molecule has 0 aliphatic carbocycles. The van der Waals surface area contributed by atoms with Crippen molar-refractivity contribution < 1.29 is 17.9 Å². The number of carbonyl (C=O) groups is 1. The molecule has 0 fully saturated rings. The summed E-state index contributed by atoms with van der Waals surface area (Å²) in [5.41, 5.74) is 0.546. The zero-order valence-corrected chi connectivity index (χ0v) is 15.0. The minimum atomic E-state index is -3.81. The number of para-hydroxylation sites is 1. The Kier molecular flexibility index (Phi) is 6.55. The molecule has 0 aliphatic heterocycles. The molecule has 2 aromatic carbocycles. The highest BCUT2D eigenvalue weighted by Crippen LogP contribution is 2.20. The van der Waals surface area contributed by atoms with E-state index in [1.807, 2.05) is 19.9 Å². The fraction of sp³-hybridized carbons (Fsp3) is 0.278. The van der Waals surface area contributed by atoms with Gasteiger partial charge in [0.25, 0.3) is 0 Å². The van der Waals surface area contributed by atoms with Gasteiger partial charge in [0.1, 0.15) is 15.8 Å². The molecule has 0 bridgehead atoms. The van der Waals surface area contributed by atoms with Crippen LogP contribution in [0.15, 0.2) is 59.5 Å². The van der Waals surface area contributed by atoms with Crippen molar-refractivity contribution in [3.63, 3.8) is 0 Å². The van der Waals surface area contributed by atoms with Crippen LogP contribution >= 0.6 is 0 Å². The predicted molar refractivity (Wildman–Crippen MR) is 97.0 cm³/mol. The molecule has 7 heteroatoms. The summed E-state index contributed by atoms with van der Waals surface area (Å²) in [5.74, 6) is 0.345. The molecule has 1 amide bonds. The topological polar surface area (TPSA) is 86.6 Å². The van der Waals surface area contributed by atoms with E-state index in [0.29, 0.717) is 11.4 Å². The van der Waals surface area contributed by atoms with Gasteiger partial charge >= 0.3 is 0 Å². The Bertz CT molecular complexity index is 790. The normalized spacial score (nSPS) is 12.4. The van der Waals surface area contributed by atoms with Crippen molar-refractivity contribution in [1.82, 2.24) is 0 Å². The maximum Gasteiger partial charge on any atom is 0.227 e. The summed E-state index contributed by atoms with van der Waals surface area (Å²) in [7, 11) is -3.81. The molecule has 0 aliphatic rings. The molecule has 25 heavy (non-hydrogen) atoms. The summed E-state index contributed by atoms with van der Waals surface area (Å²) in [5, 5.41) is 2.75. The highest BCUT2D eigenvalue weighted by atomic mass is 32.2. The predicted octanol–water partition coefficient (Wildman–Crippen LogP) is 3.77. The first-order chi connectivity index (χ1) is 11.9. The minimum absolute atomic E-state index is 0.0469. The molecular weight excluding hydrogens is 340 g/mol. The molecule has 0 saturated heterocycles. The SMILES string of the molecule is CCC(C)C(=O)Nc1ccc(S(=O)(=O)[N-]COc2ccccc2)cc1. The van der Waals surface area contributed by atoms with Crippen LogP contribution in [0.3, 0.4) is 0 Å². The van der Waals surface area contributed by atoms with Crippen LogP contribution in [0.4, 0.5) is 5.69 Å². The Labute approximate surface area is 148 Å². The third-order valence-corrected chi connectivity index (χ3v) is 4.99. The zero-order valence-electron chi connectivity index (χ0n) is 14.2. The summed E-state index contributed by atoms with van der Waals surface area (Å²) in [4.78, 5) is 11.9. The summed E-state index contributed by atoms with van der Waals surface area (Å²) in [6, 6.07) is 14.8. The van der Waals surface area contributed by atoms with Gasteiger partial charge in [-0.25, -0.2) is 8.42 Å². The van der Waals surface area contributed by atoms with Gasteiger partial charge in [0.05, 0.1) is 0 Å². The number of rotatable bonds is 8. The first kappa shape index (κ1) is 19.0. The first-order valence-corrected chi connectivity index (χ1v) is 9.39. The van der Waals surface area contributed by atoms with Crippen LogP contribution in [-0.2, 0) is 14.8 Å². The molecule has 6 nitrogen and oxygen atoms in total. The lowest BCUT2D eigenvalue weighted by molar-refractivity contribution is -0.119. The van der Waals surface area contributed by atoms with Gasteiger partial charge in [-0.3, -0.25) is 4.79 Å². The highest BCUT2D eigenvalue weighted by Gasteiger charge is 2.11. The van der Waals surface area contributed by atoms with E-state index < -0.39 is 10.0 Å². The maximum absolute atomic E-state index is 12.2. The summed E-state index contributed by atoms with van der Waals surface area (Å²) < 4.78 is 33.2. The molecule has 0 aromatic heterocycles. The van der Waals surface area contributed by atoms with Crippen molar-refractivity contribution in [1.29, 1.82) is 0 Å². The maximum atomic E-state index is 12.2. The van der Waals surface area contributed by atoms with E-state index in [0.717, 1.165) is 6.42 Å². The van der Waals surface area contributed by atoms with Crippen molar-refractivity contribution in [2.45, 2.75) is 25.2 Å². The summed E-state index contributed by atoms with van der Waals surface area (Å²) in [6.07, 6.45) is 0.735. The molecule has 2 aromatic rings. The third kappa shape index (κ3) is 5.58. The number of sulfonamides is 1. The van der Waals surface area contributed by atoms with Gasteiger partial charge in [0.15, 0.2) is 0 Å². The number of hydrogen-bond acceptors (Lipinski definition) is 4. The van der Waals surface area contributed by atoms with Gasteiger partial charge in [-0.05, 0) is 42.8 Å². The Morgan fingerprint density at radius 2 is 1.76 bits per heavy atom. The number of nitrogens with one attached hydrogen (secondary N) is 1. The Morgan fingerprint density at radius 1 is 1.12 bits per heavy atom. The van der Waals surface area contributed by atoms with Gasteiger partial charge < -0.3 is 14.8 Å². The standard InChI is InChI=1S/C18H21N2O4S/c1-3-14(2)18(21)20-15-9-11-17(12-10-15)25(22,23)19-13-24-16-7-5-4-6-8-16/h4-12,14H,3,13H2,1-2H3,(H,20,21)/q-1. The molecule has 1 atom stereocenters. The van der Waals surface area contributed by atoms with Gasteiger partial charge in [-0.1, -0.05) is 32.0 Å². The first-order valence-electron chi connectivity index (χ1n) is 7.95. The second-order valence-corrected chi connectivity index (χ2v) is 7.19. The van der Waals surface area contributed by atoms with Crippen LogP contribution in [0, 0.1) is 5.92 Å². The van der Waals surface area contributed by atoms with Crippen LogP contribution in [-0.4, -0.2) is 21.1 Å². The lowest BCUT2D eigenvalue weighted by Gasteiger charge is -2.21. The number of amides is 1. The van der Waals surface area contributed by atoms with E-state index in [2.05, 4.69) is 10.0 Å². The second-order valence-electron chi connectivity index (χ2n) is 5.51. The Morgan fingerprint density at radius 3 is 2.36 bits per heavy atom. The molecule has 0 radical (unpaired) electrons. The molecule has 0 heterocycles. The van der Waals surface area contributed by atoms with E-state index in [1.54, 1.807) is 36.4 Å². The van der Waals surface area contributed by atoms with Gasteiger partial charge in [-0.2, -0.15) is 0 Å².